The summed E-state index contributed by atoms with van der Waals surface area (Å²) in [5.41, 5.74) is 0.695. The predicted molar refractivity (Wildman–Crippen MR) is 138 cm³/mol. The second-order valence-electron chi connectivity index (χ2n) is 11.4. The van der Waals surface area contributed by atoms with Crippen LogP contribution in [0.3, 0.4) is 0 Å². The standard InChI is InChI=1S/C27H31F5N6O5/c1-42-12-17(16-11-18(27(30,31)32)34-23(16)39)15-6-9-33-19(10-15)35-24(40)21(14-4-7-26(28,29)8-5-14)36-25(41)22-20(13-2-3-13)37-43-38-22/h6,9-10,13-14,16-18,21H,2-5,7-8,11-12H2,1H3,(H,34,39)(H,36,41)(H,33,35,40)/t16-,17?,18-,21-/m0/s1. The van der Waals surface area contributed by atoms with Crippen LogP contribution in [-0.2, 0) is 14.3 Å². The molecule has 0 spiro atoms. The van der Waals surface area contributed by atoms with E-state index in [1.165, 1.54) is 25.4 Å². The first kappa shape index (κ1) is 30.8. The molecule has 5 rings (SSSR count). The Morgan fingerprint density at radius 1 is 1.19 bits per heavy atom. The van der Waals surface area contributed by atoms with Crippen molar-refractivity contribution in [3.05, 3.63) is 35.3 Å². The van der Waals surface area contributed by atoms with Crippen molar-refractivity contribution in [2.75, 3.05) is 19.0 Å². The number of rotatable bonds is 10. The molecule has 2 saturated carbocycles. The number of nitrogens with one attached hydrogen (secondary N) is 3. The van der Waals surface area contributed by atoms with E-state index in [2.05, 4.69) is 25.9 Å². The molecule has 234 valence electrons. The van der Waals surface area contributed by atoms with Crippen LogP contribution in [0.4, 0.5) is 27.8 Å². The number of halogens is 5. The Labute approximate surface area is 242 Å². The number of amides is 3. The van der Waals surface area contributed by atoms with Crippen LogP contribution in [0.1, 0.15) is 78.5 Å². The minimum Gasteiger partial charge on any atom is -0.384 e. The molecule has 1 unspecified atom stereocenters. The van der Waals surface area contributed by atoms with Gasteiger partial charge in [0.25, 0.3) is 5.91 Å². The van der Waals surface area contributed by atoms with E-state index in [4.69, 9.17) is 9.37 Å². The molecule has 4 atom stereocenters. The molecule has 3 fully saturated rings. The van der Waals surface area contributed by atoms with Crippen molar-refractivity contribution in [2.24, 2.45) is 11.8 Å². The lowest BCUT2D eigenvalue weighted by Crippen LogP contribution is -2.50. The van der Waals surface area contributed by atoms with Crippen molar-refractivity contribution < 1.29 is 45.7 Å². The summed E-state index contributed by atoms with van der Waals surface area (Å²) in [7, 11) is 1.35. The lowest BCUT2D eigenvalue weighted by Gasteiger charge is -2.33. The van der Waals surface area contributed by atoms with Gasteiger partial charge in [-0.05, 0) is 60.9 Å². The second-order valence-corrected chi connectivity index (χ2v) is 11.4. The Kier molecular flexibility index (Phi) is 8.68. The minimum atomic E-state index is -4.61. The van der Waals surface area contributed by atoms with Crippen LogP contribution in [0.5, 0.6) is 0 Å². The quantitative estimate of drug-likeness (QED) is 0.343. The predicted octanol–water partition coefficient (Wildman–Crippen LogP) is 3.70. The first-order chi connectivity index (χ1) is 20.4. The average Bonchev–Trinajstić information content (AvgIpc) is 3.53. The molecule has 2 aromatic heterocycles. The van der Waals surface area contributed by atoms with Crippen LogP contribution in [0, 0.1) is 11.8 Å². The molecule has 11 nitrogen and oxygen atoms in total. The zero-order chi connectivity index (χ0) is 30.9. The summed E-state index contributed by atoms with van der Waals surface area (Å²) in [5, 5.41) is 14.7. The number of nitrogens with zero attached hydrogens (tertiary/aromatic N) is 3. The Balaban J connectivity index is 1.35. The van der Waals surface area contributed by atoms with E-state index in [0.29, 0.717) is 11.3 Å². The lowest BCUT2D eigenvalue weighted by atomic mass is 9.81. The molecule has 16 heteroatoms. The van der Waals surface area contributed by atoms with Gasteiger partial charge in [0.15, 0.2) is 5.69 Å². The van der Waals surface area contributed by atoms with Crippen LogP contribution in [0.15, 0.2) is 23.0 Å². The van der Waals surface area contributed by atoms with E-state index in [1.807, 2.05) is 5.32 Å². The molecule has 3 heterocycles. The van der Waals surface area contributed by atoms with Crippen molar-refractivity contribution in [1.29, 1.82) is 0 Å². The smallest absolute Gasteiger partial charge is 0.384 e. The Morgan fingerprint density at radius 2 is 1.91 bits per heavy atom. The third kappa shape index (κ3) is 7.11. The first-order valence-corrected chi connectivity index (χ1v) is 14.0. The number of anilines is 1. The van der Waals surface area contributed by atoms with Gasteiger partial charge in [0.2, 0.25) is 17.7 Å². The topological polar surface area (TPSA) is 148 Å². The molecule has 2 aromatic rings. The first-order valence-electron chi connectivity index (χ1n) is 14.0. The fourth-order valence-corrected chi connectivity index (χ4v) is 5.82. The molecule has 2 aliphatic carbocycles. The summed E-state index contributed by atoms with van der Waals surface area (Å²) < 4.78 is 77.7. The number of methoxy groups -OCH3 is 1. The SMILES string of the molecule is COCC(c1ccnc(NC(=O)[C@@H](NC(=O)c2nonc2C2CC2)C2CCC(F)(F)CC2)c1)[C@@H]1C[C@@H](C(F)(F)F)NC1=O. The lowest BCUT2D eigenvalue weighted by molar-refractivity contribution is -0.155. The van der Waals surface area contributed by atoms with Crippen molar-refractivity contribution >= 4 is 23.5 Å². The molecular formula is C27H31F5N6O5. The number of aromatic nitrogens is 3. The van der Waals surface area contributed by atoms with Crippen LogP contribution in [0.25, 0.3) is 0 Å². The van der Waals surface area contributed by atoms with Gasteiger partial charge in [-0.15, -0.1) is 0 Å². The van der Waals surface area contributed by atoms with E-state index in [-0.39, 0.29) is 36.9 Å². The molecule has 43 heavy (non-hydrogen) atoms. The summed E-state index contributed by atoms with van der Waals surface area (Å²) in [6, 6.07) is -0.303. The highest BCUT2D eigenvalue weighted by molar-refractivity contribution is 6.00. The van der Waals surface area contributed by atoms with Gasteiger partial charge in [-0.3, -0.25) is 14.4 Å². The summed E-state index contributed by atoms with van der Waals surface area (Å²) in [5.74, 6) is -7.54. The maximum Gasteiger partial charge on any atom is 0.408 e. The second kappa shape index (κ2) is 12.1. The molecule has 1 saturated heterocycles. The number of alkyl halides is 5. The van der Waals surface area contributed by atoms with Crippen molar-refractivity contribution in [2.45, 2.75) is 81.0 Å². The largest absolute Gasteiger partial charge is 0.408 e. The summed E-state index contributed by atoms with van der Waals surface area (Å²) in [6.07, 6.45) is -3.13. The van der Waals surface area contributed by atoms with E-state index in [0.717, 1.165) is 12.8 Å². The van der Waals surface area contributed by atoms with Crippen LogP contribution in [0.2, 0.25) is 0 Å². The Bertz CT molecular complexity index is 1340. The van der Waals surface area contributed by atoms with Gasteiger partial charge in [0.1, 0.15) is 23.6 Å². The third-order valence-corrected chi connectivity index (χ3v) is 8.33. The van der Waals surface area contributed by atoms with E-state index >= 15 is 0 Å². The fraction of sp³-hybridized carbons (Fsp3) is 0.630. The van der Waals surface area contributed by atoms with E-state index < -0.39 is 78.9 Å². The van der Waals surface area contributed by atoms with E-state index in [9.17, 15) is 36.3 Å². The van der Waals surface area contributed by atoms with Gasteiger partial charge >= 0.3 is 6.18 Å². The fourth-order valence-electron chi connectivity index (χ4n) is 5.82. The third-order valence-electron chi connectivity index (χ3n) is 8.33. The Hall–Kier alpha value is -3.69. The number of ether oxygens (including phenoxy) is 1. The number of hydrogen-bond acceptors (Lipinski definition) is 8. The monoisotopic (exact) mass is 614 g/mol. The average molecular weight is 615 g/mol. The molecule has 1 aliphatic heterocycles. The zero-order valence-electron chi connectivity index (χ0n) is 23.1. The number of pyridine rings is 1. The van der Waals surface area contributed by atoms with Gasteiger partial charge in [-0.1, -0.05) is 5.16 Å². The number of hydrogen-bond donors (Lipinski definition) is 3. The zero-order valence-corrected chi connectivity index (χ0v) is 23.1. The summed E-state index contributed by atoms with van der Waals surface area (Å²) in [4.78, 5) is 43.3. The Morgan fingerprint density at radius 3 is 2.53 bits per heavy atom. The highest BCUT2D eigenvalue weighted by Crippen LogP contribution is 2.41. The molecule has 0 bridgehead atoms. The molecule has 3 N–H and O–H groups in total. The van der Waals surface area contributed by atoms with Gasteiger partial charge < -0.3 is 20.7 Å². The van der Waals surface area contributed by atoms with Crippen molar-refractivity contribution in [3.8, 4) is 0 Å². The van der Waals surface area contributed by atoms with Crippen molar-refractivity contribution in [3.63, 3.8) is 0 Å². The van der Waals surface area contributed by atoms with Crippen molar-refractivity contribution in [1.82, 2.24) is 25.9 Å². The summed E-state index contributed by atoms with van der Waals surface area (Å²) in [6.45, 7) is -0.0793. The molecular weight excluding hydrogens is 583 g/mol. The van der Waals surface area contributed by atoms with Gasteiger partial charge in [0, 0.05) is 43.9 Å². The maximum absolute atomic E-state index is 13.9. The van der Waals surface area contributed by atoms with Gasteiger partial charge in [-0.25, -0.2) is 18.4 Å². The minimum absolute atomic E-state index is 0.00320. The maximum atomic E-state index is 13.9. The van der Waals surface area contributed by atoms with Gasteiger partial charge in [-0.2, -0.15) is 13.2 Å². The van der Waals surface area contributed by atoms with E-state index in [1.54, 1.807) is 0 Å². The molecule has 3 amide bonds. The molecule has 3 aliphatic rings. The van der Waals surface area contributed by atoms with Crippen LogP contribution >= 0.6 is 0 Å². The number of carbonyl (C=O) groups excluding carboxylic acids is 3. The highest BCUT2D eigenvalue weighted by atomic mass is 19.4. The van der Waals surface area contributed by atoms with Crippen LogP contribution in [-0.4, -0.2) is 70.9 Å². The molecule has 0 aromatic carbocycles. The van der Waals surface area contributed by atoms with Gasteiger partial charge in [0.05, 0.1) is 6.61 Å². The van der Waals surface area contributed by atoms with Crippen LogP contribution < -0.4 is 16.0 Å². The summed E-state index contributed by atoms with van der Waals surface area (Å²) >= 11 is 0. The number of carbonyl (C=O) groups is 3. The molecule has 0 radical (unpaired) electrons. The normalized spacial score (nSPS) is 23.8. The highest BCUT2D eigenvalue weighted by Gasteiger charge is 2.50.